The lowest BCUT2D eigenvalue weighted by molar-refractivity contribution is -0.387. The van der Waals surface area contributed by atoms with Crippen molar-refractivity contribution in [2.45, 2.75) is 37.1 Å². The predicted octanol–water partition coefficient (Wildman–Crippen LogP) is 5.12. The summed E-state index contributed by atoms with van der Waals surface area (Å²) in [6.45, 7) is 1.82. The Bertz CT molecular complexity index is 1990. The zero-order valence-corrected chi connectivity index (χ0v) is 23.1. The molecule has 0 saturated carbocycles. The van der Waals surface area contributed by atoms with E-state index in [0.29, 0.717) is 41.7 Å². The minimum absolute atomic E-state index is 0.348. The number of aromatic nitrogens is 4. The molecular weight excluding hydrogens is 542 g/mol. The van der Waals surface area contributed by atoms with E-state index < -0.39 is 26.7 Å². The fourth-order valence-electron chi connectivity index (χ4n) is 5.59. The largest absolute Gasteiger partial charge is 0.289 e. The summed E-state index contributed by atoms with van der Waals surface area (Å²) in [5.41, 5.74) is 4.18. The summed E-state index contributed by atoms with van der Waals surface area (Å²) in [6, 6.07) is 15.9. The molecule has 3 aromatic carbocycles. The van der Waals surface area contributed by atoms with Gasteiger partial charge in [0.2, 0.25) is 0 Å². The van der Waals surface area contributed by atoms with Crippen LogP contribution in [-0.4, -0.2) is 32.9 Å². The molecule has 5 aromatic rings. The van der Waals surface area contributed by atoms with Gasteiger partial charge in [-0.3, -0.25) is 19.1 Å². The van der Waals surface area contributed by atoms with Crippen LogP contribution in [0.15, 0.2) is 78.1 Å². The molecule has 11 nitrogen and oxygen atoms in total. The van der Waals surface area contributed by atoms with E-state index in [-0.39, 0.29) is 4.90 Å². The second kappa shape index (κ2) is 9.87. The Morgan fingerprint density at radius 1 is 1.12 bits per heavy atom. The number of para-hydroxylation sites is 1. The van der Waals surface area contributed by atoms with Gasteiger partial charge >= 0.3 is 0 Å². The first-order valence-electron chi connectivity index (χ1n) is 13.0. The first kappa shape index (κ1) is 26.2. The van der Waals surface area contributed by atoms with Crippen LogP contribution in [0.2, 0.25) is 0 Å². The normalized spacial score (nSPS) is 14.9. The third kappa shape index (κ3) is 4.40. The van der Waals surface area contributed by atoms with Crippen LogP contribution in [0.3, 0.4) is 0 Å². The summed E-state index contributed by atoms with van der Waals surface area (Å²) < 4.78 is 33.7. The molecule has 41 heavy (non-hydrogen) atoms. The van der Waals surface area contributed by atoms with Crippen LogP contribution in [0.25, 0.3) is 16.6 Å². The van der Waals surface area contributed by atoms with E-state index in [1.165, 1.54) is 28.6 Å². The number of nitro benzene ring substituents is 1. The molecule has 1 aliphatic rings. The van der Waals surface area contributed by atoms with Crippen molar-refractivity contribution in [2.24, 2.45) is 7.05 Å². The predicted molar refractivity (Wildman–Crippen MR) is 152 cm³/mol. The summed E-state index contributed by atoms with van der Waals surface area (Å²) >= 11 is 0. The van der Waals surface area contributed by atoms with E-state index in [9.17, 15) is 23.8 Å². The van der Waals surface area contributed by atoms with Crippen LogP contribution in [0, 0.1) is 28.4 Å². The Labute approximate surface area is 236 Å². The number of benzene rings is 3. The lowest BCUT2D eigenvalue weighted by Crippen LogP contribution is -2.37. The minimum atomic E-state index is -4.45. The lowest BCUT2D eigenvalue weighted by atomic mass is 9.85. The van der Waals surface area contributed by atoms with E-state index in [0.717, 1.165) is 22.1 Å². The Kier molecular flexibility index (Phi) is 6.31. The Hall–Kier alpha value is -5.02. The van der Waals surface area contributed by atoms with Crippen LogP contribution >= 0.6 is 0 Å². The molecule has 0 amide bonds. The number of hydrogen-bond donors (Lipinski definition) is 0. The number of anilines is 1. The zero-order valence-electron chi connectivity index (χ0n) is 22.3. The quantitative estimate of drug-likeness (QED) is 0.205. The van der Waals surface area contributed by atoms with Gasteiger partial charge < -0.3 is 0 Å². The van der Waals surface area contributed by atoms with E-state index >= 15 is 0 Å². The smallest absolute Gasteiger partial charge is 0.274 e. The molecule has 2 heterocycles. The standard InChI is InChI=1S/C29H25N7O4S/c1-19-12-25-20(13-22(19)15-30)6-5-8-26(25)35(41(39,40)29-9-4-3-7-27(29)36(37)38)23-11-10-21-16-32-34(28(21)14-23)24-17-31-33(2)18-24/h3-4,7,9-14,16-18,26H,5-6,8H2,1-2H3. The molecule has 0 fully saturated rings. The summed E-state index contributed by atoms with van der Waals surface area (Å²) in [5.74, 6) is 0. The average Bonchev–Trinajstić information content (AvgIpc) is 3.58. The summed E-state index contributed by atoms with van der Waals surface area (Å²) in [4.78, 5) is 10.9. The fraction of sp³-hybridized carbons (Fsp3) is 0.207. The first-order valence-corrected chi connectivity index (χ1v) is 14.4. The number of nitro groups is 1. The number of hydrogen-bond acceptors (Lipinski definition) is 7. The maximum Gasteiger partial charge on any atom is 0.289 e. The topological polar surface area (TPSA) is 140 Å². The van der Waals surface area contributed by atoms with Gasteiger partial charge in [0.1, 0.15) is 5.69 Å². The van der Waals surface area contributed by atoms with Crippen molar-refractivity contribution in [3.8, 4) is 11.8 Å². The molecule has 1 atom stereocenters. The number of nitrogens with zero attached hydrogens (tertiary/aromatic N) is 7. The SMILES string of the molecule is Cc1cc2c(cc1C#N)CCCC2N(c1ccc2cnn(-c3cnn(C)c3)c2c1)S(=O)(=O)c1ccccc1[N+](=O)[O-]. The highest BCUT2D eigenvalue weighted by molar-refractivity contribution is 7.93. The zero-order chi connectivity index (χ0) is 28.9. The third-order valence-corrected chi connectivity index (χ3v) is 9.40. The van der Waals surface area contributed by atoms with Crippen molar-refractivity contribution in [1.82, 2.24) is 19.6 Å². The van der Waals surface area contributed by atoms with Gasteiger partial charge in [-0.1, -0.05) is 18.2 Å². The Morgan fingerprint density at radius 2 is 1.93 bits per heavy atom. The maximum absolute atomic E-state index is 14.5. The van der Waals surface area contributed by atoms with Crippen molar-refractivity contribution in [3.63, 3.8) is 0 Å². The third-order valence-electron chi connectivity index (χ3n) is 7.52. The number of nitriles is 1. The lowest BCUT2D eigenvalue weighted by Gasteiger charge is -2.37. The van der Waals surface area contributed by atoms with Crippen molar-refractivity contribution >= 4 is 32.3 Å². The van der Waals surface area contributed by atoms with Crippen molar-refractivity contribution in [2.75, 3.05) is 4.31 Å². The van der Waals surface area contributed by atoms with E-state index in [1.807, 2.05) is 19.1 Å². The minimum Gasteiger partial charge on any atom is -0.274 e. The van der Waals surface area contributed by atoms with Gasteiger partial charge in [-0.2, -0.15) is 15.5 Å². The molecule has 6 rings (SSSR count). The maximum atomic E-state index is 14.5. The van der Waals surface area contributed by atoms with Gasteiger partial charge in [-0.05, 0) is 73.2 Å². The van der Waals surface area contributed by atoms with Crippen LogP contribution in [-0.2, 0) is 23.5 Å². The molecule has 0 saturated heterocycles. The van der Waals surface area contributed by atoms with Gasteiger partial charge in [0, 0.05) is 18.5 Å². The Balaban J connectivity index is 1.60. The molecule has 0 bridgehead atoms. The van der Waals surface area contributed by atoms with Crippen LogP contribution < -0.4 is 4.31 Å². The van der Waals surface area contributed by atoms with Gasteiger partial charge in [-0.15, -0.1) is 0 Å². The van der Waals surface area contributed by atoms with Crippen molar-refractivity contribution < 1.29 is 13.3 Å². The highest BCUT2D eigenvalue weighted by Gasteiger charge is 2.39. The number of aryl methyl sites for hydroxylation is 3. The molecule has 206 valence electrons. The molecule has 12 heteroatoms. The summed E-state index contributed by atoms with van der Waals surface area (Å²) in [7, 11) is -2.65. The first-order chi connectivity index (χ1) is 19.7. The number of sulfonamides is 1. The second-order valence-corrected chi connectivity index (χ2v) is 11.9. The molecule has 0 aliphatic heterocycles. The highest BCUT2D eigenvalue weighted by Crippen LogP contribution is 2.43. The molecule has 2 aromatic heterocycles. The van der Waals surface area contributed by atoms with Gasteiger partial charge in [0.15, 0.2) is 4.90 Å². The molecule has 0 radical (unpaired) electrons. The summed E-state index contributed by atoms with van der Waals surface area (Å²) in [5, 5.41) is 31.0. The van der Waals surface area contributed by atoms with Gasteiger partial charge in [0.05, 0.1) is 52.4 Å². The van der Waals surface area contributed by atoms with Gasteiger partial charge in [-0.25, -0.2) is 13.1 Å². The van der Waals surface area contributed by atoms with Crippen LogP contribution in [0.4, 0.5) is 11.4 Å². The number of rotatable bonds is 6. The average molecular weight is 568 g/mol. The molecule has 1 aliphatic carbocycles. The van der Waals surface area contributed by atoms with Gasteiger partial charge in [0.25, 0.3) is 15.7 Å². The van der Waals surface area contributed by atoms with E-state index in [1.54, 1.807) is 53.2 Å². The Morgan fingerprint density at radius 3 is 2.66 bits per heavy atom. The monoisotopic (exact) mass is 567 g/mol. The second-order valence-electron chi connectivity index (χ2n) is 10.1. The fourth-order valence-corrected chi connectivity index (χ4v) is 7.41. The highest BCUT2D eigenvalue weighted by atomic mass is 32.2. The number of fused-ring (bicyclic) bond motifs is 2. The molecule has 1 unspecified atom stereocenters. The molecule has 0 N–H and O–H groups in total. The van der Waals surface area contributed by atoms with E-state index in [4.69, 9.17) is 0 Å². The van der Waals surface area contributed by atoms with Crippen molar-refractivity contribution in [3.05, 3.63) is 106 Å². The van der Waals surface area contributed by atoms with Crippen LogP contribution in [0.5, 0.6) is 0 Å². The van der Waals surface area contributed by atoms with E-state index in [2.05, 4.69) is 16.3 Å². The van der Waals surface area contributed by atoms with Crippen molar-refractivity contribution in [1.29, 1.82) is 5.26 Å². The molecular formula is C29H25N7O4S. The summed E-state index contributed by atoms with van der Waals surface area (Å²) in [6.07, 6.45) is 7.03. The van der Waals surface area contributed by atoms with Crippen LogP contribution in [0.1, 0.15) is 41.1 Å². The molecule has 0 spiro atoms.